The lowest BCUT2D eigenvalue weighted by molar-refractivity contribution is -0.139. The van der Waals surface area contributed by atoms with Gasteiger partial charge in [-0.15, -0.1) is 6.42 Å². The van der Waals surface area contributed by atoms with Crippen LogP contribution in [0.2, 0.25) is 0 Å². The molecule has 1 aromatic carbocycles. The highest BCUT2D eigenvalue weighted by Crippen LogP contribution is 2.24. The van der Waals surface area contributed by atoms with Gasteiger partial charge < -0.3 is 0 Å². The Morgan fingerprint density at radius 2 is 2.05 bits per heavy atom. The summed E-state index contributed by atoms with van der Waals surface area (Å²) in [6.07, 6.45) is 5.26. The number of hydrogen-bond donors (Lipinski definition) is 1. The highest BCUT2D eigenvalue weighted by Gasteiger charge is 2.42. The summed E-state index contributed by atoms with van der Waals surface area (Å²) in [6, 6.07) is 5.58. The van der Waals surface area contributed by atoms with E-state index in [9.17, 15) is 14.4 Å². The summed E-state index contributed by atoms with van der Waals surface area (Å²) >= 11 is 0. The van der Waals surface area contributed by atoms with Crippen molar-refractivity contribution in [1.29, 1.82) is 0 Å². The van der Waals surface area contributed by atoms with E-state index in [4.69, 9.17) is 6.42 Å². The molecule has 1 aliphatic rings. The molecule has 0 bridgehead atoms. The van der Waals surface area contributed by atoms with Crippen LogP contribution in [0.3, 0.4) is 0 Å². The number of aryl methyl sites for hydroxylation is 1. The van der Waals surface area contributed by atoms with Crippen molar-refractivity contribution in [2.75, 3.05) is 0 Å². The molecule has 1 fully saturated rings. The van der Waals surface area contributed by atoms with Gasteiger partial charge in [0.05, 0.1) is 6.04 Å². The van der Waals surface area contributed by atoms with Crippen molar-refractivity contribution in [3.63, 3.8) is 0 Å². The van der Waals surface area contributed by atoms with E-state index in [1.165, 1.54) is 0 Å². The van der Waals surface area contributed by atoms with Gasteiger partial charge >= 0.3 is 6.03 Å². The predicted octanol–water partition coefficient (Wildman–Crippen LogP) is 1.18. The standard InChI is InChI=1S/C15H14N2O3/c1-4-10(3)17-14(19)12(13(18)16-15(17)20)11-7-5-6-9(2)8-11/h1,5-8,10,12H,2-3H3,(H,16,18,20). The van der Waals surface area contributed by atoms with Crippen molar-refractivity contribution >= 4 is 17.8 Å². The Morgan fingerprint density at radius 3 is 2.65 bits per heavy atom. The van der Waals surface area contributed by atoms with E-state index in [-0.39, 0.29) is 0 Å². The first-order valence-corrected chi connectivity index (χ1v) is 6.16. The number of amides is 4. The molecule has 2 unspecified atom stereocenters. The Hall–Kier alpha value is -2.61. The number of urea groups is 1. The lowest BCUT2D eigenvalue weighted by Gasteiger charge is -2.32. The number of benzene rings is 1. The fraction of sp³-hybridized carbons (Fsp3) is 0.267. The molecule has 102 valence electrons. The van der Waals surface area contributed by atoms with Crippen molar-refractivity contribution in [1.82, 2.24) is 10.2 Å². The van der Waals surface area contributed by atoms with Crippen LogP contribution in [0.1, 0.15) is 24.0 Å². The van der Waals surface area contributed by atoms with Gasteiger partial charge in [-0.3, -0.25) is 14.9 Å². The van der Waals surface area contributed by atoms with Crippen LogP contribution in [0.5, 0.6) is 0 Å². The number of terminal acetylenes is 1. The van der Waals surface area contributed by atoms with Crippen molar-refractivity contribution in [3.8, 4) is 12.3 Å². The Kier molecular flexibility index (Phi) is 3.57. The normalized spacial score (nSPS) is 20.4. The van der Waals surface area contributed by atoms with Crippen LogP contribution >= 0.6 is 0 Å². The summed E-state index contributed by atoms with van der Waals surface area (Å²) in [7, 11) is 0. The van der Waals surface area contributed by atoms with Gasteiger partial charge in [0.1, 0.15) is 5.92 Å². The van der Waals surface area contributed by atoms with E-state index in [0.29, 0.717) is 5.56 Å². The minimum atomic E-state index is -1.04. The van der Waals surface area contributed by atoms with Crippen molar-refractivity contribution in [2.24, 2.45) is 0 Å². The molecule has 1 aromatic rings. The number of carbonyl (C=O) groups is 3. The summed E-state index contributed by atoms with van der Waals surface area (Å²) in [5.41, 5.74) is 1.48. The number of nitrogens with zero attached hydrogens (tertiary/aromatic N) is 1. The smallest absolute Gasteiger partial charge is 0.277 e. The molecule has 20 heavy (non-hydrogen) atoms. The molecular formula is C15H14N2O3. The summed E-state index contributed by atoms with van der Waals surface area (Å²) in [6.45, 7) is 3.42. The van der Waals surface area contributed by atoms with Gasteiger partial charge in [-0.2, -0.15) is 0 Å². The molecule has 2 atom stereocenters. The van der Waals surface area contributed by atoms with Gasteiger partial charge in [-0.1, -0.05) is 35.7 Å². The first kappa shape index (κ1) is 13.8. The number of nitrogens with one attached hydrogen (secondary N) is 1. The number of hydrogen-bond acceptors (Lipinski definition) is 3. The van der Waals surface area contributed by atoms with Crippen LogP contribution in [0.4, 0.5) is 4.79 Å². The molecule has 0 saturated carbocycles. The molecule has 2 rings (SSSR count). The van der Waals surface area contributed by atoms with E-state index in [0.717, 1.165) is 10.5 Å². The zero-order valence-electron chi connectivity index (χ0n) is 11.2. The van der Waals surface area contributed by atoms with Crippen LogP contribution < -0.4 is 5.32 Å². The average Bonchev–Trinajstić information content (AvgIpc) is 2.37. The van der Waals surface area contributed by atoms with E-state index in [1.54, 1.807) is 25.1 Å². The number of carbonyl (C=O) groups excluding carboxylic acids is 3. The third kappa shape index (κ3) is 2.28. The second kappa shape index (κ2) is 5.17. The second-order valence-corrected chi connectivity index (χ2v) is 4.69. The van der Waals surface area contributed by atoms with Gasteiger partial charge in [0.2, 0.25) is 11.8 Å². The summed E-state index contributed by atoms with van der Waals surface area (Å²) < 4.78 is 0. The first-order valence-electron chi connectivity index (χ1n) is 6.16. The van der Waals surface area contributed by atoms with Crippen LogP contribution in [-0.4, -0.2) is 28.8 Å². The van der Waals surface area contributed by atoms with E-state index >= 15 is 0 Å². The van der Waals surface area contributed by atoms with Gasteiger partial charge in [-0.05, 0) is 19.4 Å². The minimum Gasteiger partial charge on any atom is -0.277 e. The molecule has 5 nitrogen and oxygen atoms in total. The first-order chi connectivity index (χ1) is 9.45. The largest absolute Gasteiger partial charge is 0.331 e. The molecule has 0 aliphatic carbocycles. The summed E-state index contributed by atoms with van der Waals surface area (Å²) in [5, 5.41) is 2.17. The lowest BCUT2D eigenvalue weighted by Crippen LogP contribution is -2.59. The molecule has 1 saturated heterocycles. The lowest BCUT2D eigenvalue weighted by atomic mass is 9.93. The molecule has 4 amide bonds. The molecule has 0 spiro atoms. The Labute approximate surface area is 117 Å². The molecule has 0 aromatic heterocycles. The third-order valence-corrected chi connectivity index (χ3v) is 3.20. The van der Waals surface area contributed by atoms with Gasteiger partial charge in [0.25, 0.3) is 0 Å². The molecule has 1 N–H and O–H groups in total. The van der Waals surface area contributed by atoms with Crippen LogP contribution in [0.15, 0.2) is 24.3 Å². The highest BCUT2D eigenvalue weighted by atomic mass is 16.2. The maximum Gasteiger partial charge on any atom is 0.331 e. The maximum atomic E-state index is 12.4. The fourth-order valence-electron chi connectivity index (χ4n) is 2.17. The van der Waals surface area contributed by atoms with Crippen LogP contribution in [-0.2, 0) is 9.59 Å². The highest BCUT2D eigenvalue weighted by molar-refractivity contribution is 6.19. The molecule has 1 aliphatic heterocycles. The van der Waals surface area contributed by atoms with Crippen LogP contribution in [0.25, 0.3) is 0 Å². The molecular weight excluding hydrogens is 256 g/mol. The SMILES string of the molecule is C#CC(C)N1C(=O)NC(=O)C(c2cccc(C)c2)C1=O. The second-order valence-electron chi connectivity index (χ2n) is 4.69. The predicted molar refractivity (Wildman–Crippen MR) is 72.6 cm³/mol. The van der Waals surface area contributed by atoms with Crippen LogP contribution in [0, 0.1) is 19.3 Å². The zero-order chi connectivity index (χ0) is 14.9. The Morgan fingerprint density at radius 1 is 1.35 bits per heavy atom. The van der Waals surface area contributed by atoms with Crippen molar-refractivity contribution in [2.45, 2.75) is 25.8 Å². The van der Waals surface area contributed by atoms with E-state index in [1.807, 2.05) is 13.0 Å². The number of imide groups is 2. The topological polar surface area (TPSA) is 66.5 Å². The number of barbiturate groups is 1. The monoisotopic (exact) mass is 270 g/mol. The molecule has 0 radical (unpaired) electrons. The Balaban J connectivity index is 2.43. The fourth-order valence-corrected chi connectivity index (χ4v) is 2.17. The van der Waals surface area contributed by atoms with Crippen molar-refractivity contribution in [3.05, 3.63) is 35.4 Å². The van der Waals surface area contributed by atoms with E-state index < -0.39 is 29.8 Å². The summed E-state index contributed by atoms with van der Waals surface area (Å²) in [5.74, 6) is 0.0806. The Bertz CT molecular complexity index is 630. The van der Waals surface area contributed by atoms with Gasteiger partial charge in [0.15, 0.2) is 0 Å². The number of rotatable bonds is 2. The summed E-state index contributed by atoms with van der Waals surface area (Å²) in [4.78, 5) is 37.0. The molecule has 1 heterocycles. The van der Waals surface area contributed by atoms with E-state index in [2.05, 4.69) is 11.2 Å². The van der Waals surface area contributed by atoms with Gasteiger partial charge in [0, 0.05) is 0 Å². The minimum absolute atomic E-state index is 0.550. The van der Waals surface area contributed by atoms with Crippen molar-refractivity contribution < 1.29 is 14.4 Å². The quantitative estimate of drug-likeness (QED) is 0.648. The maximum absolute atomic E-state index is 12.4. The molecule has 5 heteroatoms. The third-order valence-electron chi connectivity index (χ3n) is 3.20. The van der Waals surface area contributed by atoms with Gasteiger partial charge in [-0.25, -0.2) is 9.69 Å². The zero-order valence-corrected chi connectivity index (χ0v) is 11.2. The average molecular weight is 270 g/mol.